The molecule has 0 spiro atoms. The van der Waals surface area contributed by atoms with Gasteiger partial charge in [-0.2, -0.15) is 11.8 Å². The van der Waals surface area contributed by atoms with E-state index in [1.165, 1.54) is 17.9 Å². The van der Waals surface area contributed by atoms with Crippen molar-refractivity contribution in [1.29, 1.82) is 0 Å². The van der Waals surface area contributed by atoms with Crippen molar-refractivity contribution in [2.75, 3.05) is 18.1 Å². The molecule has 0 bridgehead atoms. The third-order valence-electron chi connectivity index (χ3n) is 2.58. The number of hydrogen-bond donors (Lipinski definition) is 1. The molecule has 0 aromatic rings. The predicted molar refractivity (Wildman–Crippen MR) is 53.2 cm³/mol. The summed E-state index contributed by atoms with van der Waals surface area (Å²) in [5.41, 5.74) is 0.359. The Bertz CT molecular complexity index is 117. The Hall–Kier alpha value is 0.310. The molecule has 1 aliphatic heterocycles. The van der Waals surface area contributed by atoms with Gasteiger partial charge in [0.2, 0.25) is 0 Å². The monoisotopic (exact) mass is 173 g/mol. The molecule has 1 unspecified atom stereocenters. The summed E-state index contributed by atoms with van der Waals surface area (Å²) in [6.45, 7) is 7.93. The van der Waals surface area contributed by atoms with E-state index < -0.39 is 0 Å². The van der Waals surface area contributed by atoms with Crippen LogP contribution in [0.25, 0.3) is 0 Å². The summed E-state index contributed by atoms with van der Waals surface area (Å²) >= 11 is 2.09. The Morgan fingerprint density at radius 2 is 2.27 bits per heavy atom. The Morgan fingerprint density at radius 3 is 2.73 bits per heavy atom. The van der Waals surface area contributed by atoms with Crippen molar-refractivity contribution in [3.63, 3.8) is 0 Å². The molecule has 2 heteroatoms. The molecule has 0 amide bonds. The molecule has 1 N–H and O–H groups in total. The highest BCUT2D eigenvalue weighted by molar-refractivity contribution is 7.99. The van der Waals surface area contributed by atoms with Crippen LogP contribution in [0.1, 0.15) is 27.2 Å². The van der Waals surface area contributed by atoms with E-state index >= 15 is 0 Å². The quantitative estimate of drug-likeness (QED) is 0.701. The first-order chi connectivity index (χ1) is 5.17. The van der Waals surface area contributed by atoms with Gasteiger partial charge in [0, 0.05) is 5.54 Å². The molecule has 0 aliphatic carbocycles. The number of nitrogens with one attached hydrogen (secondary N) is 1. The van der Waals surface area contributed by atoms with E-state index in [1.54, 1.807) is 0 Å². The standard InChI is InChI=1S/C9H19NS/c1-4-10-9(2,3)8-5-6-11-7-8/h8,10H,4-7H2,1-3H3. The van der Waals surface area contributed by atoms with Gasteiger partial charge in [0.05, 0.1) is 0 Å². The topological polar surface area (TPSA) is 12.0 Å². The summed E-state index contributed by atoms with van der Waals surface area (Å²) in [7, 11) is 0. The van der Waals surface area contributed by atoms with Crippen molar-refractivity contribution >= 4 is 11.8 Å². The summed E-state index contributed by atoms with van der Waals surface area (Å²) in [5.74, 6) is 3.59. The molecule has 66 valence electrons. The second-order valence-corrected chi connectivity index (χ2v) is 4.96. The van der Waals surface area contributed by atoms with Crippen LogP contribution in [0.5, 0.6) is 0 Å². The van der Waals surface area contributed by atoms with E-state index in [9.17, 15) is 0 Å². The zero-order valence-corrected chi connectivity index (χ0v) is 8.63. The third-order valence-corrected chi connectivity index (χ3v) is 3.75. The van der Waals surface area contributed by atoms with Crippen LogP contribution in [0.2, 0.25) is 0 Å². The van der Waals surface area contributed by atoms with Gasteiger partial charge in [-0.05, 0) is 44.2 Å². The summed E-state index contributed by atoms with van der Waals surface area (Å²) in [5, 5.41) is 3.55. The number of thioether (sulfide) groups is 1. The first kappa shape index (κ1) is 9.40. The molecule has 1 saturated heterocycles. The van der Waals surface area contributed by atoms with E-state index in [0.717, 1.165) is 12.5 Å². The van der Waals surface area contributed by atoms with Crippen LogP contribution >= 0.6 is 11.8 Å². The van der Waals surface area contributed by atoms with Crippen LogP contribution in [0, 0.1) is 5.92 Å². The van der Waals surface area contributed by atoms with Gasteiger partial charge in [-0.3, -0.25) is 0 Å². The van der Waals surface area contributed by atoms with Gasteiger partial charge >= 0.3 is 0 Å². The average molecular weight is 173 g/mol. The van der Waals surface area contributed by atoms with Gasteiger partial charge in [-0.1, -0.05) is 6.92 Å². The minimum Gasteiger partial charge on any atom is -0.312 e. The zero-order chi connectivity index (χ0) is 8.32. The lowest BCUT2D eigenvalue weighted by atomic mass is 9.87. The van der Waals surface area contributed by atoms with Gasteiger partial charge in [0.25, 0.3) is 0 Å². The normalized spacial score (nSPS) is 25.9. The molecule has 0 aromatic heterocycles. The van der Waals surface area contributed by atoms with Crippen LogP contribution in [0.3, 0.4) is 0 Å². The Morgan fingerprint density at radius 1 is 1.55 bits per heavy atom. The van der Waals surface area contributed by atoms with Gasteiger partial charge in [0.15, 0.2) is 0 Å². The van der Waals surface area contributed by atoms with Crippen LogP contribution < -0.4 is 5.32 Å². The Kier molecular flexibility index (Phi) is 3.26. The molecule has 1 atom stereocenters. The van der Waals surface area contributed by atoms with E-state index in [1.807, 2.05) is 0 Å². The summed E-state index contributed by atoms with van der Waals surface area (Å²) in [4.78, 5) is 0. The highest BCUT2D eigenvalue weighted by Crippen LogP contribution is 2.31. The first-order valence-electron chi connectivity index (χ1n) is 4.49. The minimum atomic E-state index is 0.359. The Labute approximate surface area is 74.3 Å². The largest absolute Gasteiger partial charge is 0.312 e. The lowest BCUT2D eigenvalue weighted by molar-refractivity contribution is 0.281. The minimum absolute atomic E-state index is 0.359. The highest BCUT2D eigenvalue weighted by Gasteiger charge is 2.30. The second-order valence-electron chi connectivity index (χ2n) is 3.81. The van der Waals surface area contributed by atoms with Crippen molar-refractivity contribution in [3.8, 4) is 0 Å². The van der Waals surface area contributed by atoms with Gasteiger partial charge in [-0.15, -0.1) is 0 Å². The van der Waals surface area contributed by atoms with Gasteiger partial charge < -0.3 is 5.32 Å². The first-order valence-corrected chi connectivity index (χ1v) is 5.65. The summed E-state index contributed by atoms with van der Waals surface area (Å²) in [6, 6.07) is 0. The van der Waals surface area contributed by atoms with Crippen molar-refractivity contribution < 1.29 is 0 Å². The van der Waals surface area contributed by atoms with Gasteiger partial charge in [-0.25, -0.2) is 0 Å². The molecular formula is C9H19NS. The maximum absolute atomic E-state index is 3.55. The molecule has 1 aliphatic rings. The molecule has 1 heterocycles. The highest BCUT2D eigenvalue weighted by atomic mass is 32.2. The van der Waals surface area contributed by atoms with Gasteiger partial charge in [0.1, 0.15) is 0 Å². The van der Waals surface area contributed by atoms with E-state index in [0.29, 0.717) is 5.54 Å². The lowest BCUT2D eigenvalue weighted by Crippen LogP contribution is -2.46. The van der Waals surface area contributed by atoms with Crippen molar-refractivity contribution in [1.82, 2.24) is 5.32 Å². The SMILES string of the molecule is CCNC(C)(C)C1CCSC1. The van der Waals surface area contributed by atoms with Crippen molar-refractivity contribution in [3.05, 3.63) is 0 Å². The summed E-state index contributed by atoms with van der Waals surface area (Å²) < 4.78 is 0. The van der Waals surface area contributed by atoms with Crippen LogP contribution in [-0.2, 0) is 0 Å². The van der Waals surface area contributed by atoms with Crippen LogP contribution in [0.4, 0.5) is 0 Å². The number of hydrogen-bond acceptors (Lipinski definition) is 2. The molecule has 0 radical (unpaired) electrons. The Balaban J connectivity index is 2.41. The zero-order valence-electron chi connectivity index (χ0n) is 7.81. The third kappa shape index (κ3) is 2.38. The number of rotatable bonds is 3. The van der Waals surface area contributed by atoms with Crippen LogP contribution in [-0.4, -0.2) is 23.6 Å². The molecule has 0 aromatic carbocycles. The average Bonchev–Trinajstić information content (AvgIpc) is 2.37. The van der Waals surface area contributed by atoms with Crippen LogP contribution in [0.15, 0.2) is 0 Å². The predicted octanol–water partition coefficient (Wildman–Crippen LogP) is 2.13. The molecule has 11 heavy (non-hydrogen) atoms. The second kappa shape index (κ2) is 3.81. The molecule has 1 rings (SSSR count). The molecule has 0 saturated carbocycles. The van der Waals surface area contributed by atoms with Crippen molar-refractivity contribution in [2.24, 2.45) is 5.92 Å². The van der Waals surface area contributed by atoms with E-state index in [-0.39, 0.29) is 0 Å². The summed E-state index contributed by atoms with van der Waals surface area (Å²) in [6.07, 6.45) is 1.39. The maximum atomic E-state index is 3.55. The molecular weight excluding hydrogens is 154 g/mol. The van der Waals surface area contributed by atoms with Crippen molar-refractivity contribution in [2.45, 2.75) is 32.7 Å². The smallest absolute Gasteiger partial charge is 0.0161 e. The fourth-order valence-electron chi connectivity index (χ4n) is 1.70. The van der Waals surface area contributed by atoms with E-state index in [4.69, 9.17) is 0 Å². The lowest BCUT2D eigenvalue weighted by Gasteiger charge is -2.32. The fourth-order valence-corrected chi connectivity index (χ4v) is 3.19. The van der Waals surface area contributed by atoms with E-state index in [2.05, 4.69) is 37.8 Å². The molecule has 1 fully saturated rings. The fraction of sp³-hybridized carbons (Fsp3) is 1.00. The maximum Gasteiger partial charge on any atom is 0.0161 e. The molecule has 1 nitrogen and oxygen atoms in total.